The van der Waals surface area contributed by atoms with E-state index in [1.165, 1.54) is 7.11 Å². The maximum absolute atomic E-state index is 11.4. The van der Waals surface area contributed by atoms with Gasteiger partial charge in [-0.1, -0.05) is 24.2 Å². The molecule has 0 bridgehead atoms. The van der Waals surface area contributed by atoms with Gasteiger partial charge in [0.05, 0.1) is 25.5 Å². The molecule has 0 saturated heterocycles. The summed E-state index contributed by atoms with van der Waals surface area (Å²) in [5.41, 5.74) is 2.74. The maximum Gasteiger partial charge on any atom is 0.337 e. The van der Waals surface area contributed by atoms with E-state index in [9.17, 15) is 4.79 Å². The highest BCUT2D eigenvalue weighted by molar-refractivity contribution is 6.00. The van der Waals surface area contributed by atoms with Gasteiger partial charge in [0.2, 0.25) is 0 Å². The van der Waals surface area contributed by atoms with Crippen LogP contribution in [0.3, 0.4) is 0 Å². The van der Waals surface area contributed by atoms with E-state index in [4.69, 9.17) is 14.7 Å². The van der Waals surface area contributed by atoms with Crippen LogP contribution in [0, 0.1) is 0 Å². The number of rotatable bonds is 7. The lowest BCUT2D eigenvalue weighted by molar-refractivity contribution is 0.0600. The number of hydrogen-bond donors (Lipinski definition) is 1. The number of nitrogens with zero attached hydrogens (tertiary/aromatic N) is 1. The van der Waals surface area contributed by atoms with Crippen molar-refractivity contribution in [2.75, 3.05) is 14.2 Å². The summed E-state index contributed by atoms with van der Waals surface area (Å²) in [7, 11) is 2.90. The molecule has 0 aliphatic rings. The van der Waals surface area contributed by atoms with Crippen molar-refractivity contribution in [1.82, 2.24) is 0 Å². The molecule has 0 radical (unpaired) electrons. The minimum atomic E-state index is -0.373. The Balaban J connectivity index is 2.11. The van der Waals surface area contributed by atoms with Crippen molar-refractivity contribution >= 4 is 11.7 Å². The van der Waals surface area contributed by atoms with E-state index in [2.05, 4.69) is 9.89 Å². The summed E-state index contributed by atoms with van der Waals surface area (Å²) in [5.74, 6) is 0.761. The van der Waals surface area contributed by atoms with Gasteiger partial charge in [-0.15, -0.1) is 0 Å². The average Bonchev–Trinajstić information content (AvgIpc) is 2.67. The molecular weight excluding hydrogens is 322 g/mol. The number of hydrogen-bond acceptors (Lipinski definition) is 6. The second kappa shape index (κ2) is 8.73. The zero-order chi connectivity index (χ0) is 18.2. The lowest BCUT2D eigenvalue weighted by Crippen LogP contribution is -2.03. The Morgan fingerprint density at radius 3 is 2.28 bits per heavy atom. The van der Waals surface area contributed by atoms with Gasteiger partial charge in [-0.3, -0.25) is 0 Å². The highest BCUT2D eigenvalue weighted by atomic mass is 16.5. The van der Waals surface area contributed by atoms with E-state index in [-0.39, 0.29) is 5.97 Å². The van der Waals surface area contributed by atoms with Crippen molar-refractivity contribution < 1.29 is 24.2 Å². The van der Waals surface area contributed by atoms with Crippen LogP contribution >= 0.6 is 0 Å². The van der Waals surface area contributed by atoms with Crippen molar-refractivity contribution in [2.45, 2.75) is 20.0 Å². The third-order valence-corrected chi connectivity index (χ3v) is 3.72. The van der Waals surface area contributed by atoms with Crippen molar-refractivity contribution in [2.24, 2.45) is 5.16 Å². The molecule has 6 nitrogen and oxygen atoms in total. The van der Waals surface area contributed by atoms with Crippen LogP contribution in [0.2, 0.25) is 0 Å². The lowest BCUT2D eigenvalue weighted by Gasteiger charge is -2.12. The molecule has 0 aliphatic heterocycles. The fraction of sp³-hybridized carbons (Fsp3) is 0.263. The second-order valence-electron chi connectivity index (χ2n) is 5.24. The first kappa shape index (κ1) is 18.3. The van der Waals surface area contributed by atoms with Gasteiger partial charge in [0, 0.05) is 5.56 Å². The summed E-state index contributed by atoms with van der Waals surface area (Å²) >= 11 is 0. The van der Waals surface area contributed by atoms with Gasteiger partial charge >= 0.3 is 5.97 Å². The van der Waals surface area contributed by atoms with E-state index in [1.54, 1.807) is 43.5 Å². The van der Waals surface area contributed by atoms with E-state index < -0.39 is 0 Å². The monoisotopic (exact) mass is 343 g/mol. The Bertz CT molecular complexity index is 753. The summed E-state index contributed by atoms with van der Waals surface area (Å²) in [4.78, 5) is 11.4. The first-order valence-electron chi connectivity index (χ1n) is 7.82. The Hall–Kier alpha value is -3.02. The first-order valence-corrected chi connectivity index (χ1v) is 7.82. The molecule has 0 fully saturated rings. The predicted molar refractivity (Wildman–Crippen MR) is 93.7 cm³/mol. The van der Waals surface area contributed by atoms with Crippen molar-refractivity contribution in [1.29, 1.82) is 0 Å². The third-order valence-electron chi connectivity index (χ3n) is 3.72. The Kier molecular flexibility index (Phi) is 6.39. The van der Waals surface area contributed by atoms with Crippen LogP contribution in [0.4, 0.5) is 0 Å². The number of oxime groups is 1. The van der Waals surface area contributed by atoms with Crippen LogP contribution in [0.5, 0.6) is 11.5 Å². The van der Waals surface area contributed by atoms with Gasteiger partial charge in [0.25, 0.3) is 0 Å². The molecule has 2 rings (SSSR count). The number of carbonyl (C=O) groups excluding carboxylic acids is 1. The zero-order valence-electron chi connectivity index (χ0n) is 14.5. The van der Waals surface area contributed by atoms with Crippen LogP contribution < -0.4 is 9.47 Å². The molecular formula is C19H21NO5. The Morgan fingerprint density at radius 1 is 1.04 bits per heavy atom. The average molecular weight is 343 g/mol. The van der Waals surface area contributed by atoms with Gasteiger partial charge < -0.3 is 19.4 Å². The number of carbonyl (C=O) groups is 1. The van der Waals surface area contributed by atoms with Gasteiger partial charge in [0.15, 0.2) is 11.5 Å². The zero-order valence-corrected chi connectivity index (χ0v) is 14.5. The fourth-order valence-corrected chi connectivity index (χ4v) is 2.31. The minimum absolute atomic E-state index is 0.325. The molecule has 0 amide bonds. The molecule has 0 spiro atoms. The summed E-state index contributed by atoms with van der Waals surface area (Å²) in [6.45, 7) is 2.23. The van der Waals surface area contributed by atoms with E-state index >= 15 is 0 Å². The van der Waals surface area contributed by atoms with Gasteiger partial charge in [-0.05, 0) is 42.3 Å². The summed E-state index contributed by atoms with van der Waals surface area (Å²) in [6, 6.07) is 12.4. The van der Waals surface area contributed by atoms with Crippen LogP contribution in [0.25, 0.3) is 0 Å². The molecule has 0 aromatic heterocycles. The second-order valence-corrected chi connectivity index (χ2v) is 5.24. The molecule has 1 N–H and O–H groups in total. The topological polar surface area (TPSA) is 77.4 Å². The molecule has 2 aromatic carbocycles. The normalized spacial score (nSPS) is 11.1. The van der Waals surface area contributed by atoms with Gasteiger partial charge in [-0.25, -0.2) is 4.79 Å². The first-order chi connectivity index (χ1) is 12.1. The molecule has 0 aliphatic carbocycles. The number of esters is 1. The van der Waals surface area contributed by atoms with E-state index in [0.29, 0.717) is 35.8 Å². The lowest BCUT2D eigenvalue weighted by atomic mass is 10.1. The molecule has 0 atom stereocenters. The van der Waals surface area contributed by atoms with Crippen LogP contribution in [-0.4, -0.2) is 31.1 Å². The number of methoxy groups -OCH3 is 2. The Labute approximate surface area is 146 Å². The molecule has 0 unspecified atom stereocenters. The number of ether oxygens (including phenoxy) is 3. The minimum Gasteiger partial charge on any atom is -0.493 e. The van der Waals surface area contributed by atoms with E-state index in [0.717, 1.165) is 11.1 Å². The standard InChI is InChI=1S/C19H21NO5/c1-4-16(20-22)15-9-10-17(18(11-15)23-2)25-12-13-5-7-14(8-6-13)19(21)24-3/h5-11,22H,4,12H2,1-3H3/b20-16+. The SMILES string of the molecule is CC/C(=N\O)c1ccc(OCc2ccc(C(=O)OC)cc2)c(OC)c1. The Morgan fingerprint density at radius 2 is 1.72 bits per heavy atom. The third kappa shape index (κ3) is 4.50. The van der Waals surface area contributed by atoms with Crippen molar-refractivity contribution in [3.05, 3.63) is 59.2 Å². The fourth-order valence-electron chi connectivity index (χ4n) is 2.31. The van der Waals surface area contributed by atoms with Crippen molar-refractivity contribution in [3.63, 3.8) is 0 Å². The number of benzene rings is 2. The largest absolute Gasteiger partial charge is 0.493 e. The quantitative estimate of drug-likeness (QED) is 0.359. The highest BCUT2D eigenvalue weighted by Crippen LogP contribution is 2.29. The molecule has 0 heterocycles. The maximum atomic E-state index is 11.4. The molecule has 132 valence electrons. The summed E-state index contributed by atoms with van der Waals surface area (Å²) in [5, 5.41) is 12.3. The van der Waals surface area contributed by atoms with E-state index in [1.807, 2.05) is 13.0 Å². The smallest absolute Gasteiger partial charge is 0.337 e. The van der Waals surface area contributed by atoms with Crippen LogP contribution in [0.15, 0.2) is 47.6 Å². The molecule has 2 aromatic rings. The molecule has 25 heavy (non-hydrogen) atoms. The highest BCUT2D eigenvalue weighted by Gasteiger charge is 2.10. The van der Waals surface area contributed by atoms with Crippen LogP contribution in [0.1, 0.15) is 34.8 Å². The van der Waals surface area contributed by atoms with Crippen molar-refractivity contribution in [3.8, 4) is 11.5 Å². The van der Waals surface area contributed by atoms with Crippen LogP contribution in [-0.2, 0) is 11.3 Å². The molecule has 6 heteroatoms. The summed E-state index contributed by atoms with van der Waals surface area (Å²) < 4.78 is 15.8. The summed E-state index contributed by atoms with van der Waals surface area (Å²) in [6.07, 6.45) is 0.604. The van der Waals surface area contributed by atoms with Gasteiger partial charge in [0.1, 0.15) is 6.61 Å². The van der Waals surface area contributed by atoms with Gasteiger partial charge in [-0.2, -0.15) is 0 Å². The molecule has 0 saturated carbocycles. The predicted octanol–water partition coefficient (Wildman–Crippen LogP) is 3.65.